The molecule has 0 aliphatic carbocycles. The van der Waals surface area contributed by atoms with Gasteiger partial charge in [-0.25, -0.2) is 4.79 Å². The molecular weight excluding hydrogens is 252 g/mol. The number of aliphatic carboxylic acids is 1. The second kappa shape index (κ2) is 5.38. The zero-order valence-corrected chi connectivity index (χ0v) is 11.5. The largest absolute Gasteiger partial charge is 0.481 e. The highest BCUT2D eigenvalue weighted by Gasteiger charge is 2.42. The van der Waals surface area contributed by atoms with Crippen LogP contribution in [0.1, 0.15) is 26.2 Å². The van der Waals surface area contributed by atoms with Crippen LogP contribution in [-0.2, 0) is 4.79 Å². The van der Waals surface area contributed by atoms with Crippen LogP contribution < -0.4 is 5.32 Å². The van der Waals surface area contributed by atoms with Gasteiger partial charge in [-0.15, -0.1) is 0 Å². The SMILES string of the molecule is CC1(C(=O)O)CCN(C(=O)NC2CCSCC2)C1. The molecule has 0 aromatic heterocycles. The molecule has 18 heavy (non-hydrogen) atoms. The van der Waals surface area contributed by atoms with E-state index in [1.807, 2.05) is 11.8 Å². The van der Waals surface area contributed by atoms with E-state index in [1.54, 1.807) is 11.8 Å². The number of rotatable bonds is 2. The van der Waals surface area contributed by atoms with Crippen molar-refractivity contribution in [3.63, 3.8) is 0 Å². The molecule has 2 fully saturated rings. The van der Waals surface area contributed by atoms with E-state index in [-0.39, 0.29) is 12.1 Å². The third-order valence-corrected chi connectivity index (χ3v) is 4.87. The van der Waals surface area contributed by atoms with Crippen LogP contribution in [0, 0.1) is 5.41 Å². The minimum Gasteiger partial charge on any atom is -0.481 e. The number of carbonyl (C=O) groups is 2. The summed E-state index contributed by atoms with van der Waals surface area (Å²) in [5, 5.41) is 12.2. The van der Waals surface area contributed by atoms with Gasteiger partial charge >= 0.3 is 12.0 Å². The minimum atomic E-state index is -0.813. The number of hydrogen-bond donors (Lipinski definition) is 2. The fraction of sp³-hybridized carbons (Fsp3) is 0.833. The van der Waals surface area contributed by atoms with Crippen molar-refractivity contribution in [2.75, 3.05) is 24.6 Å². The predicted molar refractivity (Wildman–Crippen MR) is 70.8 cm³/mol. The maximum absolute atomic E-state index is 12.0. The summed E-state index contributed by atoms with van der Waals surface area (Å²) in [4.78, 5) is 24.8. The third kappa shape index (κ3) is 2.91. The summed E-state index contributed by atoms with van der Waals surface area (Å²) >= 11 is 1.92. The number of likely N-dealkylation sites (tertiary alicyclic amines) is 1. The molecular formula is C12H20N2O3S. The van der Waals surface area contributed by atoms with Gasteiger partial charge in [-0.3, -0.25) is 4.79 Å². The maximum Gasteiger partial charge on any atom is 0.317 e. The summed E-state index contributed by atoms with van der Waals surface area (Å²) in [6, 6.07) is 0.160. The van der Waals surface area contributed by atoms with Crippen LogP contribution in [0.5, 0.6) is 0 Å². The van der Waals surface area contributed by atoms with Crippen molar-refractivity contribution in [1.82, 2.24) is 10.2 Å². The summed E-state index contributed by atoms with van der Waals surface area (Å²) in [6.45, 7) is 2.56. The van der Waals surface area contributed by atoms with Crippen LogP contribution in [0.4, 0.5) is 4.79 Å². The monoisotopic (exact) mass is 272 g/mol. The fourth-order valence-corrected chi connectivity index (χ4v) is 3.52. The molecule has 2 aliphatic rings. The third-order valence-electron chi connectivity index (χ3n) is 3.83. The fourth-order valence-electron chi connectivity index (χ4n) is 2.42. The lowest BCUT2D eigenvalue weighted by Gasteiger charge is -2.26. The molecule has 2 heterocycles. The minimum absolute atomic E-state index is 0.100. The Morgan fingerprint density at radius 3 is 2.61 bits per heavy atom. The molecule has 2 saturated heterocycles. The summed E-state index contributed by atoms with van der Waals surface area (Å²) < 4.78 is 0. The Morgan fingerprint density at radius 1 is 1.39 bits per heavy atom. The number of urea groups is 1. The molecule has 2 amide bonds. The Labute approximate surface area is 111 Å². The van der Waals surface area contributed by atoms with Crippen LogP contribution >= 0.6 is 11.8 Å². The molecule has 0 bridgehead atoms. The smallest absolute Gasteiger partial charge is 0.317 e. The maximum atomic E-state index is 12.0. The van der Waals surface area contributed by atoms with Crippen molar-refractivity contribution in [2.24, 2.45) is 5.41 Å². The number of hydrogen-bond acceptors (Lipinski definition) is 3. The van der Waals surface area contributed by atoms with E-state index in [0.717, 1.165) is 24.3 Å². The number of nitrogens with zero attached hydrogens (tertiary/aromatic N) is 1. The van der Waals surface area contributed by atoms with Gasteiger partial charge in [0.2, 0.25) is 0 Å². The highest BCUT2D eigenvalue weighted by Crippen LogP contribution is 2.30. The first kappa shape index (κ1) is 13.5. The molecule has 2 N–H and O–H groups in total. The van der Waals surface area contributed by atoms with Crippen LogP contribution in [0.15, 0.2) is 0 Å². The highest BCUT2D eigenvalue weighted by atomic mass is 32.2. The molecule has 5 nitrogen and oxygen atoms in total. The van der Waals surface area contributed by atoms with Gasteiger partial charge in [-0.1, -0.05) is 0 Å². The summed E-state index contributed by atoms with van der Waals surface area (Å²) in [6.07, 6.45) is 2.57. The molecule has 1 unspecified atom stereocenters. The van der Waals surface area contributed by atoms with Gasteiger partial charge in [0.15, 0.2) is 0 Å². The molecule has 2 aliphatic heterocycles. The van der Waals surface area contributed by atoms with Gasteiger partial charge in [-0.2, -0.15) is 11.8 Å². The van der Waals surface area contributed by atoms with Gasteiger partial charge in [0.25, 0.3) is 0 Å². The lowest BCUT2D eigenvalue weighted by atomic mass is 9.90. The van der Waals surface area contributed by atoms with Crippen molar-refractivity contribution < 1.29 is 14.7 Å². The summed E-state index contributed by atoms with van der Waals surface area (Å²) in [5.41, 5.74) is -0.778. The van der Waals surface area contributed by atoms with Gasteiger partial charge in [-0.05, 0) is 37.7 Å². The Morgan fingerprint density at radius 2 is 2.06 bits per heavy atom. The van der Waals surface area contributed by atoms with Gasteiger partial charge in [0.05, 0.1) is 5.41 Å². The summed E-state index contributed by atoms with van der Waals surface area (Å²) in [5.74, 6) is 1.38. The summed E-state index contributed by atoms with van der Waals surface area (Å²) in [7, 11) is 0. The molecule has 0 aromatic rings. The molecule has 0 radical (unpaired) electrons. The first-order valence-electron chi connectivity index (χ1n) is 6.38. The lowest BCUT2D eigenvalue weighted by molar-refractivity contribution is -0.146. The first-order chi connectivity index (χ1) is 8.51. The van der Waals surface area contributed by atoms with Gasteiger partial charge < -0.3 is 15.3 Å². The Kier molecular flexibility index (Phi) is 4.04. The van der Waals surface area contributed by atoms with E-state index in [0.29, 0.717) is 19.5 Å². The topological polar surface area (TPSA) is 69.6 Å². The molecule has 2 rings (SSSR count). The van der Waals surface area contributed by atoms with Gasteiger partial charge in [0.1, 0.15) is 0 Å². The number of amides is 2. The number of carbonyl (C=O) groups excluding carboxylic acids is 1. The first-order valence-corrected chi connectivity index (χ1v) is 7.53. The molecule has 1 atom stereocenters. The standard InChI is InChI=1S/C12H20N2O3S/c1-12(10(15)16)4-5-14(8-12)11(17)13-9-2-6-18-7-3-9/h9H,2-8H2,1H3,(H,13,17)(H,15,16). The van der Waals surface area contributed by atoms with Gasteiger partial charge in [0, 0.05) is 19.1 Å². The Balaban J connectivity index is 1.85. The van der Waals surface area contributed by atoms with E-state index >= 15 is 0 Å². The van der Waals surface area contributed by atoms with Crippen molar-refractivity contribution in [1.29, 1.82) is 0 Å². The van der Waals surface area contributed by atoms with Crippen molar-refractivity contribution in [3.05, 3.63) is 0 Å². The number of carboxylic acids is 1. The molecule has 0 spiro atoms. The Hall–Kier alpha value is -0.910. The van der Waals surface area contributed by atoms with E-state index in [2.05, 4.69) is 5.32 Å². The molecule has 0 saturated carbocycles. The van der Waals surface area contributed by atoms with E-state index in [4.69, 9.17) is 5.11 Å². The van der Waals surface area contributed by atoms with Crippen molar-refractivity contribution in [2.45, 2.75) is 32.2 Å². The van der Waals surface area contributed by atoms with Crippen LogP contribution in [0.2, 0.25) is 0 Å². The van der Waals surface area contributed by atoms with Crippen molar-refractivity contribution in [3.8, 4) is 0 Å². The highest BCUT2D eigenvalue weighted by molar-refractivity contribution is 7.99. The second-order valence-corrected chi connectivity index (χ2v) is 6.60. The number of nitrogens with one attached hydrogen (secondary N) is 1. The number of carboxylic acid groups (broad SMARTS) is 1. The zero-order chi connectivity index (χ0) is 13.2. The van der Waals surface area contributed by atoms with Crippen LogP contribution in [0.3, 0.4) is 0 Å². The van der Waals surface area contributed by atoms with Crippen LogP contribution in [-0.4, -0.2) is 52.6 Å². The quantitative estimate of drug-likeness (QED) is 0.797. The predicted octanol–water partition coefficient (Wildman–Crippen LogP) is 1.39. The number of thioether (sulfide) groups is 1. The lowest BCUT2D eigenvalue weighted by Crippen LogP contribution is -2.46. The average molecular weight is 272 g/mol. The normalized spacial score (nSPS) is 29.3. The van der Waals surface area contributed by atoms with E-state index in [1.165, 1.54) is 0 Å². The van der Waals surface area contributed by atoms with Crippen LogP contribution in [0.25, 0.3) is 0 Å². The molecule has 102 valence electrons. The Bertz CT molecular complexity index is 344. The molecule has 0 aromatic carbocycles. The average Bonchev–Trinajstić information content (AvgIpc) is 2.75. The van der Waals surface area contributed by atoms with E-state index < -0.39 is 11.4 Å². The second-order valence-electron chi connectivity index (χ2n) is 5.37. The van der Waals surface area contributed by atoms with E-state index in [9.17, 15) is 9.59 Å². The molecule has 6 heteroatoms. The zero-order valence-electron chi connectivity index (χ0n) is 10.6. The van der Waals surface area contributed by atoms with Crippen molar-refractivity contribution >= 4 is 23.8 Å².